The van der Waals surface area contributed by atoms with Crippen LogP contribution in [0.3, 0.4) is 0 Å². The van der Waals surface area contributed by atoms with Gasteiger partial charge in [0.1, 0.15) is 24.4 Å². The van der Waals surface area contributed by atoms with Gasteiger partial charge in [-0.15, -0.1) is 0 Å². The van der Waals surface area contributed by atoms with Crippen LogP contribution in [0.2, 0.25) is 0 Å². The van der Waals surface area contributed by atoms with Gasteiger partial charge in [-0.3, -0.25) is 0 Å². The highest BCUT2D eigenvalue weighted by Crippen LogP contribution is 2.38. The van der Waals surface area contributed by atoms with Crippen molar-refractivity contribution in [3.05, 3.63) is 18.7 Å². The summed E-state index contributed by atoms with van der Waals surface area (Å²) < 4.78 is 18.4. The summed E-state index contributed by atoms with van der Waals surface area (Å²) >= 11 is 0. The van der Waals surface area contributed by atoms with E-state index in [0.29, 0.717) is 6.54 Å². The quantitative estimate of drug-likeness (QED) is 0.769. The molecule has 3 rings (SSSR count). The van der Waals surface area contributed by atoms with E-state index < -0.39 is 36.5 Å². The van der Waals surface area contributed by atoms with Gasteiger partial charge in [0.05, 0.1) is 12.9 Å². The number of rotatable bonds is 3. The lowest BCUT2D eigenvalue weighted by Gasteiger charge is -2.25. The molecule has 0 amide bonds. The molecule has 2 fully saturated rings. The standard InChI is InChI=1S/C12H18N2O5/c1-12(2)18-10-8(16)9(17-11(10)19-12)7(15)5-14-4-3-13-6-14/h3-4,6-11,15-16H,5H2,1-2H3/t7?,8-,9+,10+,11+/m0/s1. The van der Waals surface area contributed by atoms with Gasteiger partial charge in [0.2, 0.25) is 0 Å². The van der Waals surface area contributed by atoms with Crippen LogP contribution in [-0.4, -0.2) is 56.3 Å². The minimum Gasteiger partial charge on any atom is -0.388 e. The van der Waals surface area contributed by atoms with Crippen LogP contribution in [0.5, 0.6) is 0 Å². The maximum Gasteiger partial charge on any atom is 0.190 e. The van der Waals surface area contributed by atoms with E-state index in [2.05, 4.69) is 4.98 Å². The second-order valence-corrected chi connectivity index (χ2v) is 5.39. The van der Waals surface area contributed by atoms with E-state index >= 15 is 0 Å². The molecule has 2 saturated heterocycles. The third kappa shape index (κ3) is 2.39. The third-order valence-corrected chi connectivity index (χ3v) is 3.39. The lowest BCUT2D eigenvalue weighted by atomic mass is 10.1. The minimum absolute atomic E-state index is 0.296. The monoisotopic (exact) mass is 270 g/mol. The average Bonchev–Trinajstić information content (AvgIpc) is 2.97. The van der Waals surface area contributed by atoms with Gasteiger partial charge in [-0.25, -0.2) is 4.98 Å². The SMILES string of the molecule is CC1(C)O[C@H]2O[C@H](C(O)Cn3ccnc3)[C@H](O)[C@H]2O1. The number of hydrogen-bond donors (Lipinski definition) is 2. The first-order chi connectivity index (χ1) is 8.96. The number of imidazole rings is 1. The summed E-state index contributed by atoms with van der Waals surface area (Å²) in [7, 11) is 0. The fourth-order valence-corrected chi connectivity index (χ4v) is 2.55. The Balaban J connectivity index is 1.65. The maximum absolute atomic E-state index is 10.2. The van der Waals surface area contributed by atoms with E-state index in [1.807, 2.05) is 0 Å². The van der Waals surface area contributed by atoms with E-state index in [-0.39, 0.29) is 0 Å². The normalized spacial score (nSPS) is 38.3. The summed E-state index contributed by atoms with van der Waals surface area (Å²) in [6.07, 6.45) is 1.28. The number of hydrogen-bond acceptors (Lipinski definition) is 6. The van der Waals surface area contributed by atoms with E-state index in [9.17, 15) is 10.2 Å². The summed E-state index contributed by atoms with van der Waals surface area (Å²) in [6, 6.07) is 0. The molecule has 0 saturated carbocycles. The summed E-state index contributed by atoms with van der Waals surface area (Å²) in [6.45, 7) is 3.82. The molecule has 0 aliphatic carbocycles. The Bertz CT molecular complexity index is 435. The zero-order valence-corrected chi connectivity index (χ0v) is 10.8. The molecule has 7 heteroatoms. The molecule has 2 aliphatic heterocycles. The van der Waals surface area contributed by atoms with Crippen LogP contribution in [0.4, 0.5) is 0 Å². The average molecular weight is 270 g/mol. The Labute approximate surface area is 110 Å². The van der Waals surface area contributed by atoms with Crippen molar-refractivity contribution in [3.8, 4) is 0 Å². The molecule has 2 aliphatic rings. The van der Waals surface area contributed by atoms with Crippen LogP contribution < -0.4 is 0 Å². The second-order valence-electron chi connectivity index (χ2n) is 5.39. The largest absolute Gasteiger partial charge is 0.388 e. The first-order valence-electron chi connectivity index (χ1n) is 6.29. The molecule has 3 heterocycles. The molecule has 0 radical (unpaired) electrons. The van der Waals surface area contributed by atoms with Gasteiger partial charge in [-0.2, -0.15) is 0 Å². The molecule has 1 aromatic heterocycles. The Morgan fingerprint density at radius 2 is 2.21 bits per heavy atom. The molecule has 106 valence electrons. The number of aliphatic hydroxyl groups excluding tert-OH is 2. The predicted molar refractivity (Wildman–Crippen MR) is 62.9 cm³/mol. The molecule has 1 aromatic rings. The number of aromatic nitrogens is 2. The zero-order valence-electron chi connectivity index (χ0n) is 10.8. The number of fused-ring (bicyclic) bond motifs is 1. The summed E-state index contributed by atoms with van der Waals surface area (Å²) in [4.78, 5) is 3.90. The van der Waals surface area contributed by atoms with Crippen molar-refractivity contribution in [2.75, 3.05) is 0 Å². The van der Waals surface area contributed by atoms with Crippen molar-refractivity contribution in [1.29, 1.82) is 0 Å². The van der Waals surface area contributed by atoms with Gasteiger partial charge in [0.15, 0.2) is 12.1 Å². The van der Waals surface area contributed by atoms with E-state index in [0.717, 1.165) is 0 Å². The molecule has 7 nitrogen and oxygen atoms in total. The zero-order chi connectivity index (χ0) is 13.6. The molecular formula is C12H18N2O5. The van der Waals surface area contributed by atoms with Gasteiger partial charge in [0.25, 0.3) is 0 Å². The molecule has 0 aromatic carbocycles. The highest BCUT2D eigenvalue weighted by Gasteiger charge is 2.55. The van der Waals surface area contributed by atoms with Gasteiger partial charge in [0, 0.05) is 12.4 Å². The molecule has 0 bridgehead atoms. The highest BCUT2D eigenvalue weighted by molar-refractivity contribution is 4.96. The van der Waals surface area contributed by atoms with Crippen molar-refractivity contribution in [1.82, 2.24) is 9.55 Å². The highest BCUT2D eigenvalue weighted by atomic mass is 16.8. The second kappa shape index (κ2) is 4.53. The Kier molecular flexibility index (Phi) is 3.11. The maximum atomic E-state index is 10.2. The van der Waals surface area contributed by atoms with Crippen molar-refractivity contribution in [2.45, 2.75) is 56.9 Å². The van der Waals surface area contributed by atoms with Crippen molar-refractivity contribution in [2.24, 2.45) is 0 Å². The fraction of sp³-hybridized carbons (Fsp3) is 0.750. The molecule has 0 spiro atoms. The Morgan fingerprint density at radius 1 is 1.42 bits per heavy atom. The number of nitrogens with zero attached hydrogens (tertiary/aromatic N) is 2. The van der Waals surface area contributed by atoms with Gasteiger partial charge < -0.3 is 29.0 Å². The van der Waals surface area contributed by atoms with Crippen LogP contribution in [0, 0.1) is 0 Å². The molecular weight excluding hydrogens is 252 g/mol. The summed E-state index contributed by atoms with van der Waals surface area (Å²) in [5, 5.41) is 20.3. The molecule has 5 atom stereocenters. The van der Waals surface area contributed by atoms with Crippen molar-refractivity contribution >= 4 is 0 Å². The topological polar surface area (TPSA) is 86.0 Å². The molecule has 1 unspecified atom stereocenters. The smallest absolute Gasteiger partial charge is 0.190 e. The van der Waals surface area contributed by atoms with E-state index in [1.165, 1.54) is 0 Å². The Morgan fingerprint density at radius 3 is 2.84 bits per heavy atom. The fourth-order valence-electron chi connectivity index (χ4n) is 2.55. The lowest BCUT2D eigenvalue weighted by Crippen LogP contribution is -2.42. The first kappa shape index (κ1) is 13.0. The van der Waals surface area contributed by atoms with Gasteiger partial charge in [-0.05, 0) is 13.8 Å². The van der Waals surface area contributed by atoms with Gasteiger partial charge >= 0.3 is 0 Å². The summed E-state index contributed by atoms with van der Waals surface area (Å²) in [5.41, 5.74) is 0. The predicted octanol–water partition coefficient (Wildman–Crippen LogP) is -0.519. The Hall–Kier alpha value is -0.990. The van der Waals surface area contributed by atoms with Crippen molar-refractivity contribution < 1.29 is 24.4 Å². The molecule has 19 heavy (non-hydrogen) atoms. The van der Waals surface area contributed by atoms with Crippen LogP contribution in [0.15, 0.2) is 18.7 Å². The van der Waals surface area contributed by atoms with Gasteiger partial charge in [-0.1, -0.05) is 0 Å². The van der Waals surface area contributed by atoms with E-state index in [1.54, 1.807) is 37.1 Å². The molecule has 2 N–H and O–H groups in total. The van der Waals surface area contributed by atoms with Crippen LogP contribution in [0.1, 0.15) is 13.8 Å². The number of aliphatic hydroxyl groups is 2. The van der Waals surface area contributed by atoms with Crippen LogP contribution >= 0.6 is 0 Å². The lowest BCUT2D eigenvalue weighted by molar-refractivity contribution is -0.226. The number of ether oxygens (including phenoxy) is 3. The van der Waals surface area contributed by atoms with Crippen LogP contribution in [0.25, 0.3) is 0 Å². The third-order valence-electron chi connectivity index (χ3n) is 3.39. The minimum atomic E-state index is -0.912. The van der Waals surface area contributed by atoms with Crippen LogP contribution in [-0.2, 0) is 20.8 Å². The van der Waals surface area contributed by atoms with E-state index in [4.69, 9.17) is 14.2 Å². The first-order valence-corrected chi connectivity index (χ1v) is 6.29. The van der Waals surface area contributed by atoms with Crippen molar-refractivity contribution in [3.63, 3.8) is 0 Å². The summed E-state index contributed by atoms with van der Waals surface area (Å²) in [5.74, 6) is -0.767.